The summed E-state index contributed by atoms with van der Waals surface area (Å²) in [6.45, 7) is 1.84. The summed E-state index contributed by atoms with van der Waals surface area (Å²) < 4.78 is 74.9. The van der Waals surface area contributed by atoms with Crippen molar-refractivity contribution in [2.75, 3.05) is 7.11 Å². The average molecular weight is 580 g/mol. The minimum Gasteiger partial charge on any atom is -0.538 e. The molecule has 1 heterocycles. The van der Waals surface area contributed by atoms with E-state index in [2.05, 4.69) is 9.82 Å². The second kappa shape index (κ2) is 12.3. The number of benzene rings is 3. The van der Waals surface area contributed by atoms with E-state index in [1.807, 2.05) is 6.92 Å². The van der Waals surface area contributed by atoms with Crippen molar-refractivity contribution in [1.29, 1.82) is 0 Å². The smallest absolute Gasteiger partial charge is 0.538 e. The molecule has 0 aliphatic carbocycles. The van der Waals surface area contributed by atoms with Crippen LogP contribution in [0.15, 0.2) is 83.8 Å². The number of carbonyl (C=O) groups excluding carboxylic acids is 1. The Morgan fingerprint density at radius 3 is 2.27 bits per heavy atom. The van der Waals surface area contributed by atoms with E-state index in [9.17, 15) is 31.5 Å². The van der Waals surface area contributed by atoms with Crippen molar-refractivity contribution in [3.63, 3.8) is 0 Å². The van der Waals surface area contributed by atoms with Gasteiger partial charge in [-0.1, -0.05) is 42.0 Å². The van der Waals surface area contributed by atoms with Crippen LogP contribution in [0.3, 0.4) is 0 Å². The molecule has 1 N–H and O–H groups in total. The predicted molar refractivity (Wildman–Crippen MR) is 138 cm³/mol. The predicted octanol–water partition coefficient (Wildman–Crippen LogP) is 2.89. The topological polar surface area (TPSA) is 113 Å². The molecule has 1 aromatic heterocycles. The normalized spacial score (nSPS) is 11.7. The molecule has 3 aromatic carbocycles. The molecule has 4 rings (SSSR count). The Hall–Kier alpha value is -3.58. The molecule has 0 aliphatic heterocycles. The van der Waals surface area contributed by atoms with Crippen molar-refractivity contribution >= 4 is 22.0 Å². The summed E-state index contributed by atoms with van der Waals surface area (Å²) in [4.78, 5) is 11.9. The van der Waals surface area contributed by atoms with E-state index in [1.165, 1.54) is 43.5 Å². The number of aromatic nitrogens is 2. The number of nitrogens with zero attached hydrogens (tertiary/aromatic N) is 3. The van der Waals surface area contributed by atoms with Crippen LogP contribution in [0.4, 0.5) is 13.2 Å². The van der Waals surface area contributed by atoms with Crippen LogP contribution in [-0.2, 0) is 21.0 Å². The third kappa shape index (κ3) is 7.13. The minimum absolute atomic E-state index is 0. The number of hydrogen-bond donors (Lipinski definition) is 1. The van der Waals surface area contributed by atoms with Crippen molar-refractivity contribution in [3.05, 3.63) is 100 Å². The monoisotopic (exact) mass is 579 g/mol. The molecular formula is C27H21F3N3NaO5S. The Kier molecular flexibility index (Phi) is 9.52. The van der Waals surface area contributed by atoms with Crippen molar-refractivity contribution < 1.29 is 65.8 Å². The number of carbonyl (C=O) groups is 1. The van der Waals surface area contributed by atoms with Gasteiger partial charge >= 0.3 is 35.7 Å². The summed E-state index contributed by atoms with van der Waals surface area (Å²) in [5.74, 6) is -0.999. The number of sulfonamides is 1. The van der Waals surface area contributed by atoms with Crippen LogP contribution < -0.4 is 34.3 Å². The number of aryl methyl sites for hydroxylation is 1. The third-order valence-corrected chi connectivity index (χ3v) is 6.85. The van der Waals surface area contributed by atoms with E-state index in [-0.39, 0.29) is 57.3 Å². The number of ether oxygens (including phenoxy) is 1. The van der Waals surface area contributed by atoms with Crippen LogP contribution in [-0.4, -0.2) is 36.3 Å². The van der Waals surface area contributed by atoms with E-state index >= 15 is 0 Å². The molecular weight excluding hydrogens is 558 g/mol. The molecule has 0 saturated carbocycles. The second-order valence-electron chi connectivity index (χ2n) is 8.35. The number of methoxy groups -OCH3 is 1. The average Bonchev–Trinajstić information content (AvgIpc) is 3.35. The summed E-state index contributed by atoms with van der Waals surface area (Å²) in [5.41, 5.74) is 1.09. The van der Waals surface area contributed by atoms with Crippen LogP contribution in [0.1, 0.15) is 16.8 Å². The van der Waals surface area contributed by atoms with Gasteiger partial charge in [-0.15, -0.1) is 0 Å². The summed E-state index contributed by atoms with van der Waals surface area (Å²) >= 11 is 0. The molecule has 0 bridgehead atoms. The zero-order valence-electron chi connectivity index (χ0n) is 21.5. The van der Waals surface area contributed by atoms with Crippen LogP contribution in [0, 0.1) is 6.92 Å². The number of amides is 1. The van der Waals surface area contributed by atoms with Gasteiger partial charge in [0, 0.05) is 5.56 Å². The fourth-order valence-corrected chi connectivity index (χ4v) is 4.46. The maximum Gasteiger partial charge on any atom is 1.00 e. The van der Waals surface area contributed by atoms with Crippen LogP contribution in [0.5, 0.6) is 11.5 Å². The summed E-state index contributed by atoms with van der Waals surface area (Å²) in [7, 11) is -3.06. The number of aromatic hydroxyl groups is 1. The number of rotatable bonds is 7. The Morgan fingerprint density at radius 1 is 1.02 bits per heavy atom. The SMILES string of the molecule is COc1cc(/C=C/C(=O)[N-]S(=O)(=O)c2ccc(-n3nc(C(F)(F)F)cc3-c3ccc(C)cc3)cc2)ccc1O.[Na+]. The molecule has 1 amide bonds. The molecule has 0 unspecified atom stereocenters. The molecule has 40 heavy (non-hydrogen) atoms. The second-order valence-corrected chi connectivity index (χ2v) is 9.96. The van der Waals surface area contributed by atoms with Gasteiger partial charge in [0.2, 0.25) is 0 Å². The molecule has 0 radical (unpaired) electrons. The minimum atomic E-state index is -4.69. The number of phenolic OH excluding ortho intramolecular Hbond substituents is 1. The van der Waals surface area contributed by atoms with Crippen molar-refractivity contribution in [2.45, 2.75) is 18.0 Å². The van der Waals surface area contributed by atoms with Gasteiger partial charge < -0.3 is 19.4 Å². The molecule has 4 aromatic rings. The Morgan fingerprint density at radius 2 is 1.68 bits per heavy atom. The molecule has 0 saturated heterocycles. The van der Waals surface area contributed by atoms with E-state index in [0.717, 1.165) is 34.5 Å². The molecule has 0 aliphatic rings. The van der Waals surface area contributed by atoms with E-state index in [4.69, 9.17) is 4.74 Å². The largest absolute Gasteiger partial charge is 1.00 e. The van der Waals surface area contributed by atoms with Crippen LogP contribution in [0.2, 0.25) is 0 Å². The van der Waals surface area contributed by atoms with Crippen LogP contribution in [0.25, 0.3) is 27.7 Å². The molecule has 0 fully saturated rings. The zero-order chi connectivity index (χ0) is 28.4. The number of alkyl halides is 3. The first-order valence-corrected chi connectivity index (χ1v) is 12.7. The first kappa shape index (κ1) is 31.0. The van der Waals surface area contributed by atoms with Gasteiger partial charge in [-0.05, 0) is 61.0 Å². The quantitative estimate of drug-likeness (QED) is 0.266. The number of hydrogen-bond acceptors (Lipinski definition) is 6. The maximum absolute atomic E-state index is 13.4. The van der Waals surface area contributed by atoms with Gasteiger partial charge in [0.05, 0.1) is 29.3 Å². The Balaban J connectivity index is 0.00000441. The van der Waals surface area contributed by atoms with Gasteiger partial charge in [-0.25, -0.2) is 13.1 Å². The number of phenols is 1. The van der Waals surface area contributed by atoms with E-state index in [1.54, 1.807) is 24.3 Å². The number of halogens is 3. The molecule has 202 valence electrons. The summed E-state index contributed by atoms with van der Waals surface area (Å²) in [5, 5.41) is 13.3. The first-order chi connectivity index (χ1) is 18.4. The standard InChI is InChI=1S/C27H22F3N3O5S.Na/c1-17-3-7-19(8-4-17)22-16-25(27(28,29)30)31-33(22)20-9-11-21(12-10-20)39(36,37)32-26(35)14-6-18-5-13-23(34)24(15-18)38-2;/h3-16H,1-2H3,(H2,32,34,35);/q;+1/p-1. The Bertz CT molecular complexity index is 1650. The first-order valence-electron chi connectivity index (χ1n) is 11.3. The van der Waals surface area contributed by atoms with Crippen molar-refractivity contribution in [3.8, 4) is 28.4 Å². The molecule has 8 nitrogen and oxygen atoms in total. The van der Waals surface area contributed by atoms with Crippen molar-refractivity contribution in [1.82, 2.24) is 9.78 Å². The molecule has 13 heteroatoms. The van der Waals surface area contributed by atoms with E-state index in [0.29, 0.717) is 11.1 Å². The summed E-state index contributed by atoms with van der Waals surface area (Å²) in [6.07, 6.45) is -2.45. The zero-order valence-corrected chi connectivity index (χ0v) is 24.4. The third-order valence-electron chi connectivity index (χ3n) is 5.56. The van der Waals surface area contributed by atoms with Crippen molar-refractivity contribution in [2.24, 2.45) is 0 Å². The summed E-state index contributed by atoms with van der Waals surface area (Å²) in [6, 6.07) is 16.8. The molecule has 0 spiro atoms. The van der Waals surface area contributed by atoms with Gasteiger partial charge in [-0.2, -0.15) is 18.3 Å². The van der Waals surface area contributed by atoms with Crippen LogP contribution >= 0.6 is 0 Å². The maximum atomic E-state index is 13.4. The molecule has 0 atom stereocenters. The van der Waals surface area contributed by atoms with Gasteiger partial charge in [0.15, 0.2) is 17.2 Å². The van der Waals surface area contributed by atoms with E-state index < -0.39 is 27.8 Å². The fraction of sp³-hybridized carbons (Fsp3) is 0.111. The van der Waals surface area contributed by atoms with Gasteiger partial charge in [0.1, 0.15) is 10.0 Å². The Labute approximate surface area is 250 Å². The van der Waals surface area contributed by atoms with Gasteiger partial charge in [0.25, 0.3) is 0 Å². The van der Waals surface area contributed by atoms with Gasteiger partial charge in [-0.3, -0.25) is 0 Å². The fourth-order valence-electron chi connectivity index (χ4n) is 3.57.